The van der Waals surface area contributed by atoms with E-state index in [0.29, 0.717) is 31.4 Å². The highest BCUT2D eigenvalue weighted by atomic mass is 127. The van der Waals surface area contributed by atoms with E-state index in [1.807, 2.05) is 35.2 Å². The second-order valence-corrected chi connectivity index (χ2v) is 8.05. The van der Waals surface area contributed by atoms with Crippen LogP contribution in [0.2, 0.25) is 0 Å². The Balaban J connectivity index is 0.00000272. The number of aliphatic imine (C=N–C) groups is 1. The van der Waals surface area contributed by atoms with Gasteiger partial charge in [0.25, 0.3) is 0 Å². The van der Waals surface area contributed by atoms with Gasteiger partial charge < -0.3 is 20.0 Å². The zero-order valence-corrected chi connectivity index (χ0v) is 20.5. The van der Waals surface area contributed by atoms with Crippen LogP contribution >= 0.6 is 35.3 Å². The average molecular weight is 551 g/mol. The van der Waals surface area contributed by atoms with Gasteiger partial charge in [-0.3, -0.25) is 9.79 Å². The molecule has 0 saturated carbocycles. The van der Waals surface area contributed by atoms with E-state index in [4.69, 9.17) is 4.42 Å². The number of hydrogen-bond acceptors (Lipinski definition) is 5. The number of benzene rings is 1. The van der Waals surface area contributed by atoms with E-state index >= 15 is 0 Å². The number of fused-ring (bicyclic) bond motifs is 1. The summed E-state index contributed by atoms with van der Waals surface area (Å²) in [5, 5.41) is 8.51. The standard InChI is InChI=1S/C22H25N5O2S.HI/c1-23-22(25-13-18-15-29-21(26-18)16-5-3-2-4-6-16)24-10-7-20(28)27-11-8-19-17(14-27)9-12-30-19;/h2-6,9,12,15H,7-8,10-11,13-14H2,1H3,(H2,23,24,25);1H. The molecule has 0 bridgehead atoms. The van der Waals surface area contributed by atoms with Gasteiger partial charge in [0.15, 0.2) is 5.96 Å². The number of aromatic nitrogens is 1. The Labute approximate surface area is 203 Å². The van der Waals surface area contributed by atoms with Crippen LogP contribution in [0, 0.1) is 0 Å². The Morgan fingerprint density at radius 2 is 2.10 bits per heavy atom. The topological polar surface area (TPSA) is 82.8 Å². The van der Waals surface area contributed by atoms with E-state index in [-0.39, 0.29) is 29.9 Å². The molecule has 1 aliphatic heterocycles. The Bertz CT molecular complexity index is 1020. The molecule has 0 unspecified atom stereocenters. The lowest BCUT2D eigenvalue weighted by atomic mass is 10.1. The molecule has 1 aliphatic rings. The summed E-state index contributed by atoms with van der Waals surface area (Å²) in [6.45, 7) is 2.53. The maximum atomic E-state index is 12.5. The summed E-state index contributed by atoms with van der Waals surface area (Å²) in [7, 11) is 1.71. The van der Waals surface area contributed by atoms with Gasteiger partial charge in [-0.05, 0) is 35.6 Å². The largest absolute Gasteiger partial charge is 0.444 e. The Hall–Kier alpha value is -2.40. The molecule has 0 atom stereocenters. The number of guanidine groups is 1. The lowest BCUT2D eigenvalue weighted by molar-refractivity contribution is -0.131. The zero-order valence-electron chi connectivity index (χ0n) is 17.3. The highest BCUT2D eigenvalue weighted by Gasteiger charge is 2.21. The fraction of sp³-hybridized carbons (Fsp3) is 0.318. The maximum absolute atomic E-state index is 12.5. The molecule has 0 radical (unpaired) electrons. The summed E-state index contributed by atoms with van der Waals surface area (Å²) >= 11 is 1.78. The summed E-state index contributed by atoms with van der Waals surface area (Å²) in [5.74, 6) is 1.39. The first-order valence-electron chi connectivity index (χ1n) is 10.0. The van der Waals surface area contributed by atoms with Crippen molar-refractivity contribution >= 4 is 47.2 Å². The quantitative estimate of drug-likeness (QED) is 0.278. The normalized spacial score (nSPS) is 13.3. The highest BCUT2D eigenvalue weighted by molar-refractivity contribution is 14.0. The average Bonchev–Trinajstić information content (AvgIpc) is 3.45. The van der Waals surface area contributed by atoms with Crippen LogP contribution in [0.5, 0.6) is 0 Å². The first-order chi connectivity index (χ1) is 14.7. The molecule has 2 N–H and O–H groups in total. The zero-order chi connectivity index (χ0) is 20.8. The molecule has 3 aromatic rings. The minimum atomic E-state index is 0. The van der Waals surface area contributed by atoms with E-state index in [2.05, 4.69) is 32.1 Å². The molecule has 7 nitrogen and oxygen atoms in total. The van der Waals surface area contributed by atoms with Crippen molar-refractivity contribution in [2.75, 3.05) is 20.1 Å². The van der Waals surface area contributed by atoms with Gasteiger partial charge >= 0.3 is 0 Å². The van der Waals surface area contributed by atoms with Crippen LogP contribution in [-0.2, 0) is 24.3 Å². The number of hydrogen-bond donors (Lipinski definition) is 2. The lowest BCUT2D eigenvalue weighted by Gasteiger charge is -2.27. The number of nitrogens with zero attached hydrogens (tertiary/aromatic N) is 3. The van der Waals surface area contributed by atoms with Crippen LogP contribution in [0.1, 0.15) is 22.6 Å². The molecule has 0 fully saturated rings. The third kappa shape index (κ3) is 6.07. The molecule has 0 saturated heterocycles. The number of carbonyl (C=O) groups excluding carboxylic acids is 1. The summed E-state index contributed by atoms with van der Waals surface area (Å²) in [4.78, 5) is 24.6. The molecule has 0 aliphatic carbocycles. The van der Waals surface area contributed by atoms with Crippen LogP contribution < -0.4 is 10.6 Å². The van der Waals surface area contributed by atoms with Gasteiger partial charge in [-0.1, -0.05) is 18.2 Å². The van der Waals surface area contributed by atoms with E-state index < -0.39 is 0 Å². The van der Waals surface area contributed by atoms with Crippen molar-refractivity contribution in [2.45, 2.75) is 25.9 Å². The Morgan fingerprint density at radius 1 is 1.26 bits per heavy atom. The van der Waals surface area contributed by atoms with Crippen molar-refractivity contribution in [2.24, 2.45) is 4.99 Å². The van der Waals surface area contributed by atoms with Crippen LogP contribution in [-0.4, -0.2) is 41.9 Å². The fourth-order valence-corrected chi connectivity index (χ4v) is 4.29. The molecular formula is C22H26IN5O2S. The summed E-state index contributed by atoms with van der Waals surface area (Å²) in [6.07, 6.45) is 3.03. The van der Waals surface area contributed by atoms with Crippen molar-refractivity contribution in [1.82, 2.24) is 20.5 Å². The van der Waals surface area contributed by atoms with Gasteiger partial charge in [-0.2, -0.15) is 0 Å². The SMILES string of the molecule is CN=C(NCCC(=O)N1CCc2sccc2C1)NCc1coc(-c2ccccc2)n1.I. The number of oxazole rings is 1. The predicted molar refractivity (Wildman–Crippen MR) is 134 cm³/mol. The molecule has 164 valence electrons. The number of halogens is 1. The minimum absolute atomic E-state index is 0. The molecule has 3 heterocycles. The molecule has 9 heteroatoms. The van der Waals surface area contributed by atoms with Crippen molar-refractivity contribution < 1.29 is 9.21 Å². The van der Waals surface area contributed by atoms with Gasteiger partial charge in [0.1, 0.15) is 6.26 Å². The van der Waals surface area contributed by atoms with Crippen LogP contribution in [0.4, 0.5) is 0 Å². The fourth-order valence-electron chi connectivity index (χ4n) is 3.40. The van der Waals surface area contributed by atoms with Crippen molar-refractivity contribution in [3.05, 3.63) is 64.2 Å². The van der Waals surface area contributed by atoms with Crippen LogP contribution in [0.25, 0.3) is 11.5 Å². The lowest BCUT2D eigenvalue weighted by Crippen LogP contribution is -2.40. The number of carbonyl (C=O) groups is 1. The molecule has 2 aromatic heterocycles. The first kappa shape index (κ1) is 23.3. The van der Waals surface area contributed by atoms with E-state index in [1.54, 1.807) is 24.6 Å². The number of thiophene rings is 1. The molecule has 4 rings (SSSR count). The highest BCUT2D eigenvalue weighted by Crippen LogP contribution is 2.24. The van der Waals surface area contributed by atoms with E-state index in [9.17, 15) is 4.79 Å². The smallest absolute Gasteiger partial charge is 0.226 e. The summed E-state index contributed by atoms with van der Waals surface area (Å²) < 4.78 is 5.55. The van der Waals surface area contributed by atoms with Gasteiger partial charge in [0, 0.05) is 43.5 Å². The van der Waals surface area contributed by atoms with Crippen molar-refractivity contribution in [3.8, 4) is 11.5 Å². The number of rotatable bonds is 6. The Morgan fingerprint density at radius 3 is 2.90 bits per heavy atom. The second-order valence-electron chi connectivity index (χ2n) is 7.05. The van der Waals surface area contributed by atoms with Gasteiger partial charge in [0.2, 0.25) is 11.8 Å². The third-order valence-corrected chi connectivity index (χ3v) is 6.05. The second kappa shape index (κ2) is 11.3. The molecule has 0 spiro atoms. The third-order valence-electron chi connectivity index (χ3n) is 5.02. The molecule has 31 heavy (non-hydrogen) atoms. The van der Waals surface area contributed by atoms with E-state index in [1.165, 1.54) is 10.4 Å². The molecule has 1 aromatic carbocycles. The summed E-state index contributed by atoms with van der Waals surface area (Å²) in [5.41, 5.74) is 3.01. The first-order valence-corrected chi connectivity index (χ1v) is 10.9. The molecular weight excluding hydrogens is 525 g/mol. The van der Waals surface area contributed by atoms with E-state index in [0.717, 1.165) is 30.8 Å². The van der Waals surface area contributed by atoms with Gasteiger partial charge in [-0.25, -0.2) is 4.98 Å². The van der Waals surface area contributed by atoms with Crippen molar-refractivity contribution in [1.29, 1.82) is 0 Å². The number of nitrogens with one attached hydrogen (secondary N) is 2. The Kier molecular flexibility index (Phi) is 8.47. The van der Waals surface area contributed by atoms with Crippen LogP contribution in [0.15, 0.2) is 57.5 Å². The van der Waals surface area contributed by atoms with Crippen molar-refractivity contribution in [3.63, 3.8) is 0 Å². The monoisotopic (exact) mass is 551 g/mol. The molecule has 1 amide bonds. The van der Waals surface area contributed by atoms with Crippen LogP contribution in [0.3, 0.4) is 0 Å². The van der Waals surface area contributed by atoms with Gasteiger partial charge in [0.05, 0.1) is 12.2 Å². The minimum Gasteiger partial charge on any atom is -0.444 e. The van der Waals surface area contributed by atoms with Gasteiger partial charge in [-0.15, -0.1) is 35.3 Å². The number of amides is 1. The summed E-state index contributed by atoms with van der Waals surface area (Å²) in [6, 6.07) is 11.9. The maximum Gasteiger partial charge on any atom is 0.226 e. The predicted octanol–water partition coefficient (Wildman–Crippen LogP) is 3.66.